The first-order valence-electron chi connectivity index (χ1n) is 10.5. The van der Waals surface area contributed by atoms with Crippen LogP contribution in [-0.2, 0) is 9.59 Å². The van der Waals surface area contributed by atoms with Gasteiger partial charge in [-0.3, -0.25) is 9.59 Å². The van der Waals surface area contributed by atoms with E-state index in [1.807, 2.05) is 50.2 Å². The predicted molar refractivity (Wildman–Crippen MR) is 117 cm³/mol. The summed E-state index contributed by atoms with van der Waals surface area (Å²) >= 11 is 0. The van der Waals surface area contributed by atoms with Gasteiger partial charge in [-0.2, -0.15) is 0 Å². The molecule has 2 aromatic carbocycles. The van der Waals surface area contributed by atoms with E-state index in [1.54, 1.807) is 11.0 Å². The van der Waals surface area contributed by atoms with E-state index in [2.05, 4.69) is 19.2 Å². The number of hydrogen-bond donors (Lipinski definition) is 1. The molecule has 0 fully saturated rings. The summed E-state index contributed by atoms with van der Waals surface area (Å²) in [5.74, 6) is 1.09. The second-order valence-electron chi connectivity index (χ2n) is 7.85. The molecule has 6 heteroatoms. The van der Waals surface area contributed by atoms with Crippen LogP contribution < -0.4 is 19.7 Å². The van der Waals surface area contributed by atoms with Crippen LogP contribution in [0.3, 0.4) is 0 Å². The Bertz CT molecular complexity index is 910. The Morgan fingerprint density at radius 1 is 1.23 bits per heavy atom. The largest absolute Gasteiger partial charge is 0.483 e. The van der Waals surface area contributed by atoms with E-state index >= 15 is 0 Å². The zero-order valence-electron chi connectivity index (χ0n) is 18.1. The van der Waals surface area contributed by atoms with Gasteiger partial charge < -0.3 is 19.7 Å². The molecule has 2 aromatic rings. The van der Waals surface area contributed by atoms with Crippen molar-refractivity contribution in [2.24, 2.45) is 0 Å². The lowest BCUT2D eigenvalue weighted by Gasteiger charge is -2.34. The fourth-order valence-corrected chi connectivity index (χ4v) is 3.43. The van der Waals surface area contributed by atoms with Crippen molar-refractivity contribution < 1.29 is 19.1 Å². The fourth-order valence-electron chi connectivity index (χ4n) is 3.43. The van der Waals surface area contributed by atoms with Crippen molar-refractivity contribution >= 4 is 17.5 Å². The Morgan fingerprint density at radius 2 is 2.00 bits per heavy atom. The highest BCUT2D eigenvalue weighted by molar-refractivity contribution is 5.98. The number of para-hydroxylation sites is 2. The summed E-state index contributed by atoms with van der Waals surface area (Å²) < 4.78 is 11.8. The minimum atomic E-state index is -0.749. The Kier molecular flexibility index (Phi) is 6.98. The van der Waals surface area contributed by atoms with Crippen molar-refractivity contribution in [3.8, 4) is 11.5 Å². The molecule has 0 saturated carbocycles. The van der Waals surface area contributed by atoms with Crippen LogP contribution in [0.4, 0.5) is 5.69 Å². The Hall–Kier alpha value is -3.02. The highest BCUT2D eigenvalue weighted by atomic mass is 16.5. The summed E-state index contributed by atoms with van der Waals surface area (Å²) in [5, 5.41) is 2.84. The van der Waals surface area contributed by atoms with Crippen molar-refractivity contribution in [3.63, 3.8) is 0 Å². The van der Waals surface area contributed by atoms with Crippen LogP contribution in [0.1, 0.15) is 44.2 Å². The highest BCUT2D eigenvalue weighted by Crippen LogP contribution is 2.33. The number of carbonyl (C=O) groups excluding carboxylic acids is 2. The molecule has 0 unspecified atom stereocenters. The number of rotatable bonds is 7. The second kappa shape index (κ2) is 9.65. The number of hydrogen-bond acceptors (Lipinski definition) is 4. The molecule has 3 rings (SSSR count). The van der Waals surface area contributed by atoms with Gasteiger partial charge in [-0.1, -0.05) is 45.0 Å². The average molecular weight is 411 g/mol. The smallest absolute Gasteiger partial charge is 0.265 e. The number of aryl methyl sites for hydroxylation is 1. The van der Waals surface area contributed by atoms with Gasteiger partial charge in [0, 0.05) is 6.54 Å². The van der Waals surface area contributed by atoms with Crippen molar-refractivity contribution in [1.29, 1.82) is 0 Å². The molecule has 0 spiro atoms. The number of fused-ring (bicyclic) bond motifs is 1. The molecule has 1 aliphatic heterocycles. The normalized spacial score (nSPS) is 15.4. The lowest BCUT2D eigenvalue weighted by atomic mass is 10.0. The first kappa shape index (κ1) is 21.7. The van der Waals surface area contributed by atoms with Crippen molar-refractivity contribution in [2.45, 2.75) is 46.1 Å². The molecule has 0 aromatic heterocycles. The lowest BCUT2D eigenvalue weighted by molar-refractivity contribution is -0.128. The van der Waals surface area contributed by atoms with Crippen LogP contribution in [0.2, 0.25) is 0 Å². The van der Waals surface area contributed by atoms with E-state index in [0.717, 1.165) is 23.3 Å². The van der Waals surface area contributed by atoms with Gasteiger partial charge >= 0.3 is 0 Å². The minimum Gasteiger partial charge on any atom is -0.483 e. The van der Waals surface area contributed by atoms with Gasteiger partial charge in [0.25, 0.3) is 11.8 Å². The standard InChI is InChI=1S/C24H30N2O4/c1-5-12-25-24(28)22-14-26(19-8-6-7-9-20(19)30-22)23(27)15-29-21-13-17(4)10-11-18(21)16(2)3/h6-11,13,16,22H,5,12,14-15H2,1-4H3,(H,25,28)/t22-/m0/s1. The summed E-state index contributed by atoms with van der Waals surface area (Å²) in [7, 11) is 0. The molecule has 6 nitrogen and oxygen atoms in total. The van der Waals surface area contributed by atoms with Crippen LogP contribution in [0.5, 0.6) is 11.5 Å². The molecule has 0 radical (unpaired) electrons. The summed E-state index contributed by atoms with van der Waals surface area (Å²) in [6.45, 7) is 8.79. The van der Waals surface area contributed by atoms with Gasteiger partial charge in [-0.05, 0) is 48.6 Å². The molecule has 1 atom stereocenters. The lowest BCUT2D eigenvalue weighted by Crippen LogP contribution is -2.51. The maximum atomic E-state index is 13.1. The second-order valence-corrected chi connectivity index (χ2v) is 7.85. The van der Waals surface area contributed by atoms with Crippen molar-refractivity contribution in [2.75, 3.05) is 24.6 Å². The number of nitrogens with zero attached hydrogens (tertiary/aromatic N) is 1. The topological polar surface area (TPSA) is 67.9 Å². The molecular formula is C24H30N2O4. The monoisotopic (exact) mass is 410 g/mol. The van der Waals surface area contributed by atoms with Gasteiger partial charge in [0.05, 0.1) is 12.2 Å². The first-order valence-corrected chi connectivity index (χ1v) is 10.5. The molecule has 2 amide bonds. The van der Waals surface area contributed by atoms with Crippen molar-refractivity contribution in [1.82, 2.24) is 5.32 Å². The zero-order valence-corrected chi connectivity index (χ0v) is 18.1. The Morgan fingerprint density at radius 3 is 2.73 bits per heavy atom. The fraction of sp³-hybridized carbons (Fsp3) is 0.417. The van der Waals surface area contributed by atoms with E-state index in [0.29, 0.717) is 18.0 Å². The predicted octanol–water partition coefficient (Wildman–Crippen LogP) is 3.82. The van der Waals surface area contributed by atoms with E-state index in [9.17, 15) is 9.59 Å². The van der Waals surface area contributed by atoms with Crippen LogP contribution in [-0.4, -0.2) is 37.6 Å². The minimum absolute atomic E-state index is 0.110. The summed E-state index contributed by atoms with van der Waals surface area (Å²) in [5.41, 5.74) is 2.79. The maximum Gasteiger partial charge on any atom is 0.265 e. The molecule has 0 aliphatic carbocycles. The van der Waals surface area contributed by atoms with Crippen molar-refractivity contribution in [3.05, 3.63) is 53.6 Å². The van der Waals surface area contributed by atoms with E-state index < -0.39 is 6.10 Å². The van der Waals surface area contributed by atoms with E-state index in [4.69, 9.17) is 9.47 Å². The molecule has 0 saturated heterocycles. The van der Waals surface area contributed by atoms with Gasteiger partial charge in [0.15, 0.2) is 12.7 Å². The third-order valence-electron chi connectivity index (χ3n) is 5.06. The maximum absolute atomic E-state index is 13.1. The molecule has 30 heavy (non-hydrogen) atoms. The number of benzene rings is 2. The van der Waals surface area contributed by atoms with Crippen LogP contribution in [0.25, 0.3) is 0 Å². The Balaban J connectivity index is 1.77. The molecule has 160 valence electrons. The molecule has 0 bridgehead atoms. The molecule has 1 N–H and O–H groups in total. The van der Waals surface area contributed by atoms with Gasteiger partial charge in [0.2, 0.25) is 0 Å². The number of ether oxygens (including phenoxy) is 2. The summed E-state index contributed by atoms with van der Waals surface area (Å²) in [4.78, 5) is 27.1. The number of carbonyl (C=O) groups is 2. The quantitative estimate of drug-likeness (QED) is 0.754. The third-order valence-corrected chi connectivity index (χ3v) is 5.06. The van der Waals surface area contributed by atoms with Gasteiger partial charge in [0.1, 0.15) is 11.5 Å². The average Bonchev–Trinajstić information content (AvgIpc) is 2.74. The summed E-state index contributed by atoms with van der Waals surface area (Å²) in [6, 6.07) is 13.3. The van der Waals surface area contributed by atoms with E-state index in [1.165, 1.54) is 0 Å². The number of nitrogens with one attached hydrogen (secondary N) is 1. The molecular weight excluding hydrogens is 380 g/mol. The first-order chi connectivity index (χ1) is 14.4. The number of amides is 2. The van der Waals surface area contributed by atoms with Gasteiger partial charge in [-0.25, -0.2) is 0 Å². The third kappa shape index (κ3) is 4.93. The SMILES string of the molecule is CCCNC(=O)[C@@H]1CN(C(=O)COc2cc(C)ccc2C(C)C)c2ccccc2O1. The van der Waals surface area contributed by atoms with Crippen LogP contribution in [0.15, 0.2) is 42.5 Å². The highest BCUT2D eigenvalue weighted by Gasteiger charge is 2.33. The number of anilines is 1. The molecule has 1 aliphatic rings. The Labute approximate surface area is 178 Å². The van der Waals surface area contributed by atoms with Gasteiger partial charge in [-0.15, -0.1) is 0 Å². The summed E-state index contributed by atoms with van der Waals surface area (Å²) in [6.07, 6.45) is 0.0841. The van der Waals surface area contributed by atoms with E-state index in [-0.39, 0.29) is 30.9 Å². The van der Waals surface area contributed by atoms with Crippen LogP contribution in [0, 0.1) is 6.92 Å². The molecule has 1 heterocycles. The zero-order chi connectivity index (χ0) is 21.7. The van der Waals surface area contributed by atoms with Crippen LogP contribution >= 0.6 is 0 Å².